The summed E-state index contributed by atoms with van der Waals surface area (Å²) in [5, 5.41) is 8.94. The Morgan fingerprint density at radius 1 is 1.17 bits per heavy atom. The van der Waals surface area contributed by atoms with Crippen LogP contribution in [0.4, 0.5) is 0 Å². The topological polar surface area (TPSA) is 65.6 Å². The van der Waals surface area contributed by atoms with Gasteiger partial charge in [0.1, 0.15) is 0 Å². The molecular formula is C18H28N3O2S+. The average molecular weight is 351 g/mol. The summed E-state index contributed by atoms with van der Waals surface area (Å²) >= 11 is 0. The van der Waals surface area contributed by atoms with Crippen LogP contribution in [0.3, 0.4) is 0 Å². The number of nitrogens with zero attached hydrogens (tertiary/aromatic N) is 2. The zero-order valence-corrected chi connectivity index (χ0v) is 16.1. The zero-order valence-electron chi connectivity index (χ0n) is 15.3. The van der Waals surface area contributed by atoms with E-state index in [1.807, 2.05) is 34.6 Å². The van der Waals surface area contributed by atoms with Crippen LogP contribution in [0, 0.1) is 44.9 Å². The van der Waals surface area contributed by atoms with E-state index in [1.165, 1.54) is 4.90 Å². The molecule has 1 atom stereocenters. The second kappa shape index (κ2) is 7.22. The molecule has 1 aromatic carbocycles. The molecule has 2 rings (SSSR count). The van der Waals surface area contributed by atoms with Gasteiger partial charge in [-0.3, -0.25) is 0 Å². The highest BCUT2D eigenvalue weighted by molar-refractivity contribution is 7.89. The maximum Gasteiger partial charge on any atom is 0.244 e. The van der Waals surface area contributed by atoms with Gasteiger partial charge in [0.15, 0.2) is 0 Å². The van der Waals surface area contributed by atoms with Crippen molar-refractivity contribution in [3.05, 3.63) is 28.3 Å². The molecule has 0 unspecified atom stereocenters. The molecule has 6 heteroatoms. The van der Waals surface area contributed by atoms with Crippen LogP contribution >= 0.6 is 0 Å². The minimum absolute atomic E-state index is 0.00654. The van der Waals surface area contributed by atoms with Gasteiger partial charge in [-0.2, -0.15) is 9.57 Å². The highest BCUT2D eigenvalue weighted by Crippen LogP contribution is 2.28. The van der Waals surface area contributed by atoms with Crippen LogP contribution in [-0.2, 0) is 10.0 Å². The Morgan fingerprint density at radius 2 is 1.67 bits per heavy atom. The molecule has 0 amide bonds. The Balaban J connectivity index is 2.24. The van der Waals surface area contributed by atoms with Gasteiger partial charge in [-0.05, 0) is 56.9 Å². The molecule has 0 bridgehead atoms. The van der Waals surface area contributed by atoms with Crippen LogP contribution < -0.4 is 4.90 Å². The summed E-state index contributed by atoms with van der Waals surface area (Å²) in [5.41, 5.74) is 3.74. The molecule has 1 aliphatic rings. The molecule has 0 radical (unpaired) electrons. The third-order valence-electron chi connectivity index (χ3n) is 5.14. The number of benzene rings is 1. The van der Waals surface area contributed by atoms with Crippen molar-refractivity contribution >= 4 is 10.0 Å². The van der Waals surface area contributed by atoms with E-state index in [9.17, 15) is 8.42 Å². The third-order valence-corrected chi connectivity index (χ3v) is 7.31. The number of aryl methyl sites for hydroxylation is 2. The fourth-order valence-corrected chi connectivity index (χ4v) is 5.44. The van der Waals surface area contributed by atoms with Crippen molar-refractivity contribution in [3.8, 4) is 6.07 Å². The van der Waals surface area contributed by atoms with Crippen molar-refractivity contribution in [2.45, 2.75) is 39.5 Å². The number of nitriles is 1. The van der Waals surface area contributed by atoms with Crippen LogP contribution in [0.2, 0.25) is 0 Å². The average Bonchev–Trinajstić information content (AvgIpc) is 2.53. The number of piperazine rings is 1. The van der Waals surface area contributed by atoms with Gasteiger partial charge >= 0.3 is 0 Å². The maximum absolute atomic E-state index is 13.2. The van der Waals surface area contributed by atoms with Gasteiger partial charge in [0.25, 0.3) is 0 Å². The van der Waals surface area contributed by atoms with Gasteiger partial charge in [-0.1, -0.05) is 6.07 Å². The quantitative estimate of drug-likeness (QED) is 0.880. The number of hydrogen-bond donors (Lipinski definition) is 1. The van der Waals surface area contributed by atoms with Gasteiger partial charge < -0.3 is 4.90 Å². The molecule has 1 N–H and O–H groups in total. The van der Waals surface area contributed by atoms with Gasteiger partial charge in [0.05, 0.1) is 49.6 Å². The lowest BCUT2D eigenvalue weighted by molar-refractivity contribution is -0.905. The fourth-order valence-electron chi connectivity index (χ4n) is 3.42. The second-order valence-electron chi connectivity index (χ2n) is 6.98. The first kappa shape index (κ1) is 18.9. The molecule has 0 aromatic heterocycles. The molecule has 0 aliphatic carbocycles. The Bertz CT molecular complexity index is 731. The summed E-state index contributed by atoms with van der Waals surface area (Å²) in [4.78, 5) is 1.79. The van der Waals surface area contributed by atoms with E-state index in [2.05, 4.69) is 12.1 Å². The van der Waals surface area contributed by atoms with Crippen molar-refractivity contribution < 1.29 is 13.3 Å². The Labute approximate surface area is 145 Å². The molecule has 5 nitrogen and oxygen atoms in total. The van der Waals surface area contributed by atoms with Crippen LogP contribution in [-0.4, -0.2) is 45.4 Å². The number of hydrogen-bond acceptors (Lipinski definition) is 3. The minimum Gasteiger partial charge on any atom is -0.332 e. The van der Waals surface area contributed by atoms with E-state index in [0.29, 0.717) is 18.0 Å². The summed E-state index contributed by atoms with van der Waals surface area (Å²) in [6.07, 6.45) is 0. The van der Waals surface area contributed by atoms with Crippen molar-refractivity contribution in [2.75, 3.05) is 32.7 Å². The molecule has 1 aliphatic heterocycles. The second-order valence-corrected chi connectivity index (χ2v) is 8.85. The van der Waals surface area contributed by atoms with Crippen molar-refractivity contribution in [2.24, 2.45) is 5.92 Å². The van der Waals surface area contributed by atoms with Crippen LogP contribution in [0.5, 0.6) is 0 Å². The number of sulfonamides is 1. The van der Waals surface area contributed by atoms with Crippen molar-refractivity contribution in [1.82, 2.24) is 4.31 Å². The summed E-state index contributed by atoms with van der Waals surface area (Å²) in [6.45, 7) is 13.0. The smallest absolute Gasteiger partial charge is 0.244 e. The predicted molar refractivity (Wildman–Crippen MR) is 94.5 cm³/mol. The van der Waals surface area contributed by atoms with E-state index >= 15 is 0 Å². The number of nitrogens with one attached hydrogen (secondary N) is 1. The van der Waals surface area contributed by atoms with Crippen LogP contribution in [0.15, 0.2) is 11.0 Å². The molecule has 0 saturated carbocycles. The molecular weight excluding hydrogens is 322 g/mol. The van der Waals surface area contributed by atoms with Gasteiger partial charge in [0, 0.05) is 0 Å². The lowest BCUT2D eigenvalue weighted by Gasteiger charge is -2.33. The first-order valence-electron chi connectivity index (χ1n) is 8.49. The summed E-state index contributed by atoms with van der Waals surface area (Å²) < 4.78 is 28.0. The van der Waals surface area contributed by atoms with E-state index in [1.54, 1.807) is 4.31 Å². The largest absolute Gasteiger partial charge is 0.332 e. The van der Waals surface area contributed by atoms with E-state index in [-0.39, 0.29) is 5.92 Å². The highest BCUT2D eigenvalue weighted by atomic mass is 32.2. The monoisotopic (exact) mass is 350 g/mol. The first-order valence-corrected chi connectivity index (χ1v) is 9.93. The molecule has 0 spiro atoms. The van der Waals surface area contributed by atoms with Gasteiger partial charge in [-0.15, -0.1) is 0 Å². The molecule has 1 heterocycles. The Hall–Kier alpha value is -1.42. The van der Waals surface area contributed by atoms with Crippen molar-refractivity contribution in [3.63, 3.8) is 0 Å². The van der Waals surface area contributed by atoms with E-state index < -0.39 is 10.0 Å². The lowest BCUT2D eigenvalue weighted by atomic mass is 10.0. The summed E-state index contributed by atoms with van der Waals surface area (Å²) in [5.74, 6) is 0.00654. The normalized spacial score (nSPS) is 18.3. The first-order chi connectivity index (χ1) is 11.2. The van der Waals surface area contributed by atoms with E-state index in [4.69, 9.17) is 5.26 Å². The molecule has 1 fully saturated rings. The van der Waals surface area contributed by atoms with Gasteiger partial charge in [0.2, 0.25) is 10.0 Å². The highest BCUT2D eigenvalue weighted by Gasteiger charge is 2.33. The predicted octanol–water partition coefficient (Wildman–Crippen LogP) is 0.969. The van der Waals surface area contributed by atoms with Gasteiger partial charge in [-0.25, -0.2) is 8.42 Å². The fraction of sp³-hybridized carbons (Fsp3) is 0.611. The summed E-state index contributed by atoms with van der Waals surface area (Å²) in [7, 11) is -3.47. The molecule has 132 valence electrons. The maximum atomic E-state index is 13.2. The minimum atomic E-state index is -3.47. The number of rotatable bonds is 4. The molecule has 1 saturated heterocycles. The summed E-state index contributed by atoms with van der Waals surface area (Å²) in [6, 6.07) is 4.30. The van der Waals surface area contributed by atoms with Crippen molar-refractivity contribution in [1.29, 1.82) is 5.26 Å². The molecule has 1 aromatic rings. The third kappa shape index (κ3) is 3.64. The standard InChI is InChI=1S/C18H27N3O2S/c1-13(11-19)12-20-6-8-21(9-7-20)24(22,23)18-16(4)14(2)10-15(3)17(18)5/h10,13H,6-9,12H2,1-5H3/p+1/t13-/m0/s1. The molecule has 24 heavy (non-hydrogen) atoms. The van der Waals surface area contributed by atoms with E-state index in [0.717, 1.165) is 41.9 Å². The Morgan fingerprint density at radius 3 is 2.12 bits per heavy atom. The zero-order chi connectivity index (χ0) is 18.1. The van der Waals surface area contributed by atoms with Crippen LogP contribution in [0.25, 0.3) is 0 Å². The van der Waals surface area contributed by atoms with Crippen LogP contribution in [0.1, 0.15) is 29.2 Å². The SMILES string of the molecule is Cc1cc(C)c(C)c(S(=O)(=O)N2CC[NH+](C[C@@H](C)C#N)CC2)c1C. The Kier molecular flexibility index (Phi) is 5.69. The lowest BCUT2D eigenvalue weighted by Crippen LogP contribution is -3.15. The number of quaternary nitrogens is 1.